The first kappa shape index (κ1) is 11.7. The topological polar surface area (TPSA) is 32.9 Å². The molecule has 94 valence electrons. The van der Waals surface area contributed by atoms with E-state index < -0.39 is 0 Å². The first-order valence-corrected chi connectivity index (χ1v) is 6.41. The molecule has 0 aliphatic heterocycles. The van der Waals surface area contributed by atoms with E-state index in [1.807, 2.05) is 36.4 Å². The first-order valence-electron chi connectivity index (χ1n) is 6.41. The number of aromatic amines is 1. The van der Waals surface area contributed by atoms with Crippen molar-refractivity contribution >= 4 is 17.2 Å². The van der Waals surface area contributed by atoms with Gasteiger partial charge in [0.15, 0.2) is 6.29 Å². The molecule has 1 aromatic heterocycles. The molecular weight excluding hydrogens is 234 g/mol. The minimum absolute atomic E-state index is 0.285. The van der Waals surface area contributed by atoms with Gasteiger partial charge >= 0.3 is 0 Å². The summed E-state index contributed by atoms with van der Waals surface area (Å²) in [5, 5.41) is 0.996. The monoisotopic (exact) mass is 249 g/mol. The van der Waals surface area contributed by atoms with Crippen LogP contribution in [0.2, 0.25) is 0 Å². The number of benzene rings is 2. The fourth-order valence-electron chi connectivity index (χ4n) is 2.46. The maximum Gasteiger partial charge on any atom is 0.150 e. The fourth-order valence-corrected chi connectivity index (χ4v) is 2.46. The SMILES string of the molecule is CC(c1ccccc1)c1cc2c(C=O)cccc2[nH]1. The molecule has 1 heterocycles. The van der Waals surface area contributed by atoms with Crippen molar-refractivity contribution in [1.82, 2.24) is 4.98 Å². The second-order valence-corrected chi connectivity index (χ2v) is 4.78. The molecule has 0 radical (unpaired) electrons. The van der Waals surface area contributed by atoms with E-state index in [1.165, 1.54) is 5.56 Å². The summed E-state index contributed by atoms with van der Waals surface area (Å²) in [6.07, 6.45) is 0.910. The predicted molar refractivity (Wildman–Crippen MR) is 77.6 cm³/mol. The number of hydrogen-bond donors (Lipinski definition) is 1. The standard InChI is InChI=1S/C17H15NO/c1-12(13-6-3-2-4-7-13)17-10-15-14(11-19)8-5-9-16(15)18-17/h2-12,18H,1H3. The van der Waals surface area contributed by atoms with Gasteiger partial charge in [-0.05, 0) is 17.7 Å². The number of hydrogen-bond acceptors (Lipinski definition) is 1. The molecule has 2 aromatic carbocycles. The van der Waals surface area contributed by atoms with Gasteiger partial charge in [-0.3, -0.25) is 4.79 Å². The van der Waals surface area contributed by atoms with Gasteiger partial charge in [-0.15, -0.1) is 0 Å². The number of rotatable bonds is 3. The van der Waals surface area contributed by atoms with E-state index in [-0.39, 0.29) is 5.92 Å². The van der Waals surface area contributed by atoms with E-state index in [2.05, 4.69) is 30.1 Å². The lowest BCUT2D eigenvalue weighted by Gasteiger charge is -2.09. The molecule has 0 amide bonds. The molecule has 0 aliphatic carbocycles. The summed E-state index contributed by atoms with van der Waals surface area (Å²) >= 11 is 0. The van der Waals surface area contributed by atoms with Crippen molar-refractivity contribution in [3.8, 4) is 0 Å². The van der Waals surface area contributed by atoms with Crippen LogP contribution in [0.25, 0.3) is 10.9 Å². The Morgan fingerprint density at radius 1 is 1.05 bits per heavy atom. The maximum atomic E-state index is 11.1. The van der Waals surface area contributed by atoms with Gasteiger partial charge in [0.1, 0.15) is 0 Å². The molecule has 0 spiro atoms. The van der Waals surface area contributed by atoms with E-state index in [4.69, 9.17) is 0 Å². The van der Waals surface area contributed by atoms with Crippen molar-refractivity contribution in [1.29, 1.82) is 0 Å². The Bertz CT molecular complexity index is 712. The number of H-pyrrole nitrogens is 1. The molecule has 0 saturated heterocycles. The van der Waals surface area contributed by atoms with Gasteiger partial charge in [0.2, 0.25) is 0 Å². The Balaban J connectivity index is 2.09. The summed E-state index contributed by atoms with van der Waals surface area (Å²) in [5.41, 5.74) is 4.15. The maximum absolute atomic E-state index is 11.1. The van der Waals surface area contributed by atoms with E-state index in [1.54, 1.807) is 0 Å². The van der Waals surface area contributed by atoms with Crippen LogP contribution >= 0.6 is 0 Å². The number of aromatic nitrogens is 1. The van der Waals surface area contributed by atoms with E-state index in [0.29, 0.717) is 0 Å². The minimum atomic E-state index is 0.285. The highest BCUT2D eigenvalue weighted by Gasteiger charge is 2.12. The molecule has 0 fully saturated rings. The Morgan fingerprint density at radius 2 is 1.84 bits per heavy atom. The van der Waals surface area contributed by atoms with Crippen LogP contribution in [0.3, 0.4) is 0 Å². The third kappa shape index (κ3) is 2.06. The summed E-state index contributed by atoms with van der Waals surface area (Å²) in [7, 11) is 0. The molecule has 3 aromatic rings. The van der Waals surface area contributed by atoms with E-state index in [9.17, 15) is 4.79 Å². The van der Waals surface area contributed by atoms with Crippen LogP contribution in [0.5, 0.6) is 0 Å². The molecule has 3 rings (SSSR count). The Morgan fingerprint density at radius 3 is 2.58 bits per heavy atom. The zero-order valence-corrected chi connectivity index (χ0v) is 10.8. The average Bonchev–Trinajstić information content (AvgIpc) is 2.91. The van der Waals surface area contributed by atoms with Gasteiger partial charge in [0.25, 0.3) is 0 Å². The predicted octanol–water partition coefficient (Wildman–Crippen LogP) is 4.13. The van der Waals surface area contributed by atoms with E-state index >= 15 is 0 Å². The molecule has 2 heteroatoms. The van der Waals surface area contributed by atoms with Crippen molar-refractivity contribution in [3.63, 3.8) is 0 Å². The van der Waals surface area contributed by atoms with Crippen LogP contribution in [0.4, 0.5) is 0 Å². The Labute approximate surface area is 112 Å². The summed E-state index contributed by atoms with van der Waals surface area (Å²) in [4.78, 5) is 14.5. The van der Waals surface area contributed by atoms with E-state index in [0.717, 1.165) is 28.4 Å². The van der Waals surface area contributed by atoms with Crippen molar-refractivity contribution in [2.24, 2.45) is 0 Å². The van der Waals surface area contributed by atoms with Crippen molar-refractivity contribution in [3.05, 3.63) is 71.4 Å². The lowest BCUT2D eigenvalue weighted by molar-refractivity contribution is 0.112. The highest BCUT2D eigenvalue weighted by Crippen LogP contribution is 2.27. The van der Waals surface area contributed by atoms with Gasteiger partial charge in [-0.25, -0.2) is 0 Å². The number of aldehydes is 1. The molecule has 1 atom stereocenters. The van der Waals surface area contributed by atoms with Gasteiger partial charge < -0.3 is 4.98 Å². The lowest BCUT2D eigenvalue weighted by atomic mass is 9.98. The highest BCUT2D eigenvalue weighted by molar-refractivity contribution is 5.97. The molecule has 0 aliphatic rings. The first-order chi connectivity index (χ1) is 9.29. The summed E-state index contributed by atoms with van der Waals surface area (Å²) in [5.74, 6) is 0.285. The number of fused-ring (bicyclic) bond motifs is 1. The quantitative estimate of drug-likeness (QED) is 0.695. The van der Waals surface area contributed by atoms with Gasteiger partial charge in [0, 0.05) is 28.1 Å². The third-order valence-corrected chi connectivity index (χ3v) is 3.61. The summed E-state index contributed by atoms with van der Waals surface area (Å²) < 4.78 is 0. The molecular formula is C17H15NO. The Hall–Kier alpha value is -2.35. The number of nitrogens with one attached hydrogen (secondary N) is 1. The average molecular weight is 249 g/mol. The van der Waals surface area contributed by atoms with Crippen molar-refractivity contribution in [2.75, 3.05) is 0 Å². The summed E-state index contributed by atoms with van der Waals surface area (Å²) in [6, 6.07) is 18.2. The highest BCUT2D eigenvalue weighted by atomic mass is 16.1. The van der Waals surface area contributed by atoms with Crippen LogP contribution < -0.4 is 0 Å². The lowest BCUT2D eigenvalue weighted by Crippen LogP contribution is -1.95. The van der Waals surface area contributed by atoms with Crippen LogP contribution in [0.15, 0.2) is 54.6 Å². The van der Waals surface area contributed by atoms with Crippen molar-refractivity contribution < 1.29 is 4.79 Å². The molecule has 19 heavy (non-hydrogen) atoms. The second kappa shape index (κ2) is 4.73. The number of carbonyl (C=O) groups is 1. The molecule has 1 unspecified atom stereocenters. The Kier molecular flexibility index (Phi) is 2.92. The second-order valence-electron chi connectivity index (χ2n) is 4.78. The fraction of sp³-hybridized carbons (Fsp3) is 0.118. The van der Waals surface area contributed by atoms with Crippen LogP contribution in [-0.2, 0) is 0 Å². The summed E-state index contributed by atoms with van der Waals surface area (Å²) in [6.45, 7) is 2.17. The molecule has 0 saturated carbocycles. The van der Waals surface area contributed by atoms with Gasteiger partial charge in [-0.1, -0.05) is 49.4 Å². The normalized spacial score (nSPS) is 12.5. The van der Waals surface area contributed by atoms with Crippen LogP contribution in [0, 0.1) is 0 Å². The molecule has 0 bridgehead atoms. The van der Waals surface area contributed by atoms with Gasteiger partial charge in [-0.2, -0.15) is 0 Å². The molecule has 1 N–H and O–H groups in total. The minimum Gasteiger partial charge on any atom is -0.358 e. The van der Waals surface area contributed by atoms with Crippen LogP contribution in [0.1, 0.15) is 34.5 Å². The largest absolute Gasteiger partial charge is 0.358 e. The zero-order chi connectivity index (χ0) is 13.2. The van der Waals surface area contributed by atoms with Gasteiger partial charge in [0.05, 0.1) is 0 Å². The molecule has 2 nitrogen and oxygen atoms in total. The zero-order valence-electron chi connectivity index (χ0n) is 10.8. The number of carbonyl (C=O) groups excluding carboxylic acids is 1. The smallest absolute Gasteiger partial charge is 0.150 e. The van der Waals surface area contributed by atoms with Crippen molar-refractivity contribution in [2.45, 2.75) is 12.8 Å². The third-order valence-electron chi connectivity index (χ3n) is 3.61. The van der Waals surface area contributed by atoms with Crippen LogP contribution in [-0.4, -0.2) is 11.3 Å².